The average Bonchev–Trinajstić information content (AvgIpc) is 2.28. The highest BCUT2D eigenvalue weighted by Crippen LogP contribution is 2.19. The van der Waals surface area contributed by atoms with E-state index in [9.17, 15) is 0 Å². The molecule has 2 nitrogen and oxygen atoms in total. The molecule has 0 radical (unpaired) electrons. The van der Waals surface area contributed by atoms with Gasteiger partial charge in [-0.1, -0.05) is 38.5 Å². The Balaban J connectivity index is 2.85. The molecule has 1 aromatic carbocycles. The summed E-state index contributed by atoms with van der Waals surface area (Å²) < 4.78 is 0. The second-order valence-corrected chi connectivity index (χ2v) is 4.73. The summed E-state index contributed by atoms with van der Waals surface area (Å²) in [5, 5.41) is 0. The lowest BCUT2D eigenvalue weighted by atomic mass is 9.90. The van der Waals surface area contributed by atoms with Crippen LogP contribution in [-0.4, -0.2) is 6.04 Å². The summed E-state index contributed by atoms with van der Waals surface area (Å²) >= 11 is 0. The Morgan fingerprint density at radius 1 is 1.25 bits per heavy atom. The van der Waals surface area contributed by atoms with Crippen molar-refractivity contribution in [2.45, 2.75) is 46.6 Å². The van der Waals surface area contributed by atoms with Gasteiger partial charge in [-0.15, -0.1) is 0 Å². The molecule has 0 bridgehead atoms. The summed E-state index contributed by atoms with van der Waals surface area (Å²) in [4.78, 5) is 0. The first-order chi connectivity index (χ1) is 7.60. The minimum Gasteiger partial charge on any atom is -0.271 e. The number of rotatable bonds is 5. The smallest absolute Gasteiger partial charge is 0.0276 e. The molecule has 0 fully saturated rings. The van der Waals surface area contributed by atoms with Gasteiger partial charge >= 0.3 is 0 Å². The minimum atomic E-state index is 0.366. The maximum Gasteiger partial charge on any atom is 0.0276 e. The van der Waals surface area contributed by atoms with E-state index in [0.29, 0.717) is 12.0 Å². The predicted molar refractivity (Wildman–Crippen MR) is 70.2 cm³/mol. The third-order valence-corrected chi connectivity index (χ3v) is 3.61. The molecule has 2 atom stereocenters. The van der Waals surface area contributed by atoms with Gasteiger partial charge in [0, 0.05) is 6.04 Å². The molecule has 0 aliphatic heterocycles. The van der Waals surface area contributed by atoms with E-state index in [-0.39, 0.29) is 0 Å². The number of hydrogen-bond acceptors (Lipinski definition) is 2. The molecule has 0 saturated heterocycles. The molecule has 0 aromatic heterocycles. The van der Waals surface area contributed by atoms with Gasteiger partial charge < -0.3 is 0 Å². The van der Waals surface area contributed by atoms with Gasteiger partial charge in [-0.3, -0.25) is 11.3 Å². The van der Waals surface area contributed by atoms with Gasteiger partial charge in [0.25, 0.3) is 0 Å². The standard InChI is InChI=1S/C14H24N2/c1-5-10(2)14(16-15)9-13-11(3)7-6-8-12(13)4/h6-8,10,14,16H,5,9,15H2,1-4H3. The van der Waals surface area contributed by atoms with E-state index in [2.05, 4.69) is 51.3 Å². The summed E-state index contributed by atoms with van der Waals surface area (Å²) in [6.07, 6.45) is 2.17. The molecular weight excluding hydrogens is 196 g/mol. The van der Waals surface area contributed by atoms with Crippen molar-refractivity contribution in [2.75, 3.05) is 0 Å². The van der Waals surface area contributed by atoms with Crippen LogP contribution in [-0.2, 0) is 6.42 Å². The first-order valence-electron chi connectivity index (χ1n) is 6.11. The van der Waals surface area contributed by atoms with Crippen molar-refractivity contribution >= 4 is 0 Å². The molecule has 2 heteroatoms. The van der Waals surface area contributed by atoms with E-state index in [1.807, 2.05) is 0 Å². The Morgan fingerprint density at radius 2 is 1.81 bits per heavy atom. The molecule has 0 saturated carbocycles. The lowest BCUT2D eigenvalue weighted by molar-refractivity contribution is 0.369. The zero-order valence-electron chi connectivity index (χ0n) is 10.9. The lowest BCUT2D eigenvalue weighted by Gasteiger charge is -2.23. The van der Waals surface area contributed by atoms with E-state index in [0.717, 1.165) is 12.8 Å². The van der Waals surface area contributed by atoms with Gasteiger partial charge in [0.1, 0.15) is 0 Å². The van der Waals surface area contributed by atoms with Crippen LogP contribution < -0.4 is 11.3 Å². The van der Waals surface area contributed by atoms with Crippen LogP contribution in [0.5, 0.6) is 0 Å². The molecule has 2 unspecified atom stereocenters. The SMILES string of the molecule is CCC(C)C(Cc1c(C)cccc1C)NN. The van der Waals surface area contributed by atoms with E-state index < -0.39 is 0 Å². The normalized spacial score (nSPS) is 14.8. The Labute approximate surface area is 99.2 Å². The van der Waals surface area contributed by atoms with Crippen molar-refractivity contribution in [3.63, 3.8) is 0 Å². The van der Waals surface area contributed by atoms with Crippen molar-refractivity contribution in [1.82, 2.24) is 5.43 Å². The molecule has 3 N–H and O–H groups in total. The fraction of sp³-hybridized carbons (Fsp3) is 0.571. The third kappa shape index (κ3) is 3.06. The maximum absolute atomic E-state index is 5.65. The Kier molecular flexibility index (Phi) is 4.97. The second-order valence-electron chi connectivity index (χ2n) is 4.73. The molecule has 16 heavy (non-hydrogen) atoms. The summed E-state index contributed by atoms with van der Waals surface area (Å²) in [7, 11) is 0. The summed E-state index contributed by atoms with van der Waals surface area (Å²) in [5.74, 6) is 6.25. The van der Waals surface area contributed by atoms with E-state index in [1.54, 1.807) is 0 Å². The molecule has 0 aliphatic rings. The quantitative estimate of drug-likeness (QED) is 0.591. The fourth-order valence-electron chi connectivity index (χ4n) is 2.10. The molecule has 0 heterocycles. The monoisotopic (exact) mass is 220 g/mol. The van der Waals surface area contributed by atoms with Crippen molar-refractivity contribution in [2.24, 2.45) is 11.8 Å². The van der Waals surface area contributed by atoms with Gasteiger partial charge in [0.15, 0.2) is 0 Å². The number of hydrazine groups is 1. The topological polar surface area (TPSA) is 38.0 Å². The Morgan fingerprint density at radius 3 is 2.25 bits per heavy atom. The molecule has 0 aliphatic carbocycles. The van der Waals surface area contributed by atoms with Gasteiger partial charge in [0.2, 0.25) is 0 Å². The fourth-order valence-corrected chi connectivity index (χ4v) is 2.10. The number of aryl methyl sites for hydroxylation is 2. The summed E-state index contributed by atoms with van der Waals surface area (Å²) in [5.41, 5.74) is 7.12. The highest BCUT2D eigenvalue weighted by atomic mass is 15.2. The highest BCUT2D eigenvalue weighted by molar-refractivity contribution is 5.34. The van der Waals surface area contributed by atoms with Crippen LogP contribution in [0.3, 0.4) is 0 Å². The third-order valence-electron chi connectivity index (χ3n) is 3.61. The lowest BCUT2D eigenvalue weighted by Crippen LogP contribution is -2.41. The first-order valence-corrected chi connectivity index (χ1v) is 6.11. The van der Waals surface area contributed by atoms with Crippen molar-refractivity contribution in [1.29, 1.82) is 0 Å². The zero-order chi connectivity index (χ0) is 12.1. The van der Waals surface area contributed by atoms with E-state index >= 15 is 0 Å². The summed E-state index contributed by atoms with van der Waals surface area (Å²) in [6.45, 7) is 8.80. The Bertz CT molecular complexity index is 313. The van der Waals surface area contributed by atoms with Crippen molar-refractivity contribution < 1.29 is 0 Å². The van der Waals surface area contributed by atoms with Crippen LogP contribution in [0.1, 0.15) is 37.0 Å². The maximum atomic E-state index is 5.65. The number of nitrogens with one attached hydrogen (secondary N) is 1. The van der Waals surface area contributed by atoms with Crippen LogP contribution in [0, 0.1) is 19.8 Å². The highest BCUT2D eigenvalue weighted by Gasteiger charge is 2.16. The molecule has 90 valence electrons. The van der Waals surface area contributed by atoms with Gasteiger partial charge in [0.05, 0.1) is 0 Å². The summed E-state index contributed by atoms with van der Waals surface area (Å²) in [6, 6.07) is 6.83. The minimum absolute atomic E-state index is 0.366. The second kappa shape index (κ2) is 6.02. The van der Waals surface area contributed by atoms with E-state index in [4.69, 9.17) is 5.84 Å². The van der Waals surface area contributed by atoms with Gasteiger partial charge in [-0.2, -0.15) is 0 Å². The number of nitrogens with two attached hydrogens (primary N) is 1. The Hall–Kier alpha value is -0.860. The van der Waals surface area contributed by atoms with Crippen LogP contribution >= 0.6 is 0 Å². The predicted octanol–water partition coefficient (Wildman–Crippen LogP) is 2.72. The van der Waals surface area contributed by atoms with Crippen LogP contribution in [0.15, 0.2) is 18.2 Å². The van der Waals surface area contributed by atoms with E-state index in [1.165, 1.54) is 16.7 Å². The first kappa shape index (κ1) is 13.2. The van der Waals surface area contributed by atoms with Gasteiger partial charge in [-0.05, 0) is 42.9 Å². The van der Waals surface area contributed by atoms with Crippen molar-refractivity contribution in [3.8, 4) is 0 Å². The van der Waals surface area contributed by atoms with Crippen LogP contribution in [0.2, 0.25) is 0 Å². The molecule has 0 spiro atoms. The molecular formula is C14H24N2. The molecule has 1 aromatic rings. The van der Waals surface area contributed by atoms with Crippen molar-refractivity contribution in [3.05, 3.63) is 34.9 Å². The molecule has 1 rings (SSSR count). The number of benzene rings is 1. The van der Waals surface area contributed by atoms with Crippen LogP contribution in [0.25, 0.3) is 0 Å². The zero-order valence-corrected chi connectivity index (χ0v) is 10.9. The average molecular weight is 220 g/mol. The van der Waals surface area contributed by atoms with Crippen LogP contribution in [0.4, 0.5) is 0 Å². The molecule has 0 amide bonds. The number of hydrogen-bond donors (Lipinski definition) is 2. The van der Waals surface area contributed by atoms with Gasteiger partial charge in [-0.25, -0.2) is 0 Å². The largest absolute Gasteiger partial charge is 0.271 e.